The van der Waals surface area contributed by atoms with Gasteiger partial charge in [-0.05, 0) is 18.1 Å². The molecular weight excluding hydrogens is 222 g/mol. The minimum atomic E-state index is 0.0547. The Balaban J connectivity index is 2.96. The van der Waals surface area contributed by atoms with Gasteiger partial charge in [0.15, 0.2) is 5.84 Å². The van der Waals surface area contributed by atoms with Gasteiger partial charge >= 0.3 is 0 Å². The molecule has 16 heavy (non-hydrogen) atoms. The molecule has 1 rings (SSSR count). The average molecular weight is 239 g/mol. The first-order chi connectivity index (χ1) is 7.56. The van der Waals surface area contributed by atoms with E-state index in [1.54, 1.807) is 18.0 Å². The SMILES string of the molecule is CC(C)C(C)Sc1cccnc1/C(N)=N/O. The summed E-state index contributed by atoms with van der Waals surface area (Å²) in [5.41, 5.74) is 6.12. The molecule has 0 aliphatic rings. The second kappa shape index (κ2) is 5.75. The van der Waals surface area contributed by atoms with Gasteiger partial charge in [0.05, 0.1) is 0 Å². The lowest BCUT2D eigenvalue weighted by Crippen LogP contribution is -2.17. The summed E-state index contributed by atoms with van der Waals surface area (Å²) >= 11 is 1.69. The quantitative estimate of drug-likeness (QED) is 0.278. The van der Waals surface area contributed by atoms with Gasteiger partial charge in [-0.1, -0.05) is 25.9 Å². The molecule has 1 unspecified atom stereocenters. The van der Waals surface area contributed by atoms with Gasteiger partial charge in [0, 0.05) is 16.3 Å². The van der Waals surface area contributed by atoms with E-state index in [0.717, 1.165) is 4.90 Å². The standard InChI is InChI=1S/C11H17N3OS/c1-7(2)8(3)16-9-5-4-6-13-10(9)11(12)14-15/h4-8,15H,1-3H3,(H2,12,14). The van der Waals surface area contributed by atoms with Crippen LogP contribution in [0.3, 0.4) is 0 Å². The van der Waals surface area contributed by atoms with Gasteiger partial charge in [0.25, 0.3) is 0 Å². The lowest BCUT2D eigenvalue weighted by atomic mass is 10.2. The molecule has 1 aromatic heterocycles. The number of thioether (sulfide) groups is 1. The highest BCUT2D eigenvalue weighted by Crippen LogP contribution is 2.29. The molecule has 0 aliphatic heterocycles. The zero-order chi connectivity index (χ0) is 12.1. The largest absolute Gasteiger partial charge is 0.409 e. The van der Waals surface area contributed by atoms with Crippen molar-refractivity contribution in [2.24, 2.45) is 16.8 Å². The molecule has 1 heterocycles. The number of nitrogens with zero attached hydrogens (tertiary/aromatic N) is 2. The summed E-state index contributed by atoms with van der Waals surface area (Å²) in [5, 5.41) is 12.1. The van der Waals surface area contributed by atoms with Gasteiger partial charge in [-0.2, -0.15) is 0 Å². The van der Waals surface area contributed by atoms with Crippen LogP contribution in [0.25, 0.3) is 0 Å². The minimum absolute atomic E-state index is 0.0547. The Morgan fingerprint density at radius 3 is 2.75 bits per heavy atom. The van der Waals surface area contributed by atoms with E-state index in [2.05, 4.69) is 30.9 Å². The van der Waals surface area contributed by atoms with E-state index in [1.165, 1.54) is 0 Å². The number of hydrogen-bond acceptors (Lipinski definition) is 4. The molecule has 3 N–H and O–H groups in total. The highest BCUT2D eigenvalue weighted by atomic mass is 32.2. The molecule has 0 aromatic carbocycles. The Labute approximate surface area is 99.9 Å². The summed E-state index contributed by atoms with van der Waals surface area (Å²) in [6, 6.07) is 3.79. The predicted molar refractivity (Wildman–Crippen MR) is 66.9 cm³/mol. The maximum absolute atomic E-state index is 8.67. The van der Waals surface area contributed by atoms with Crippen molar-refractivity contribution < 1.29 is 5.21 Å². The van der Waals surface area contributed by atoms with Crippen LogP contribution in [0, 0.1) is 5.92 Å². The number of amidine groups is 1. The van der Waals surface area contributed by atoms with E-state index in [4.69, 9.17) is 10.9 Å². The summed E-state index contributed by atoms with van der Waals surface area (Å²) in [7, 11) is 0. The molecule has 1 aromatic rings. The molecule has 0 fully saturated rings. The Hall–Kier alpha value is -1.23. The Morgan fingerprint density at radius 2 is 2.19 bits per heavy atom. The molecule has 0 amide bonds. The second-order valence-electron chi connectivity index (χ2n) is 3.90. The number of hydrogen-bond donors (Lipinski definition) is 2. The maximum Gasteiger partial charge on any atom is 0.189 e. The van der Waals surface area contributed by atoms with Crippen molar-refractivity contribution in [3.8, 4) is 0 Å². The minimum Gasteiger partial charge on any atom is -0.409 e. The molecule has 0 aliphatic carbocycles. The van der Waals surface area contributed by atoms with Crippen molar-refractivity contribution in [3.05, 3.63) is 24.0 Å². The van der Waals surface area contributed by atoms with Gasteiger partial charge in [-0.15, -0.1) is 11.8 Å². The fourth-order valence-corrected chi connectivity index (χ4v) is 2.16. The fourth-order valence-electron chi connectivity index (χ4n) is 1.06. The summed E-state index contributed by atoms with van der Waals surface area (Å²) in [4.78, 5) is 5.07. The third-order valence-electron chi connectivity index (χ3n) is 2.37. The molecular formula is C11H17N3OS. The second-order valence-corrected chi connectivity index (χ2v) is 5.32. The number of aromatic nitrogens is 1. The van der Waals surface area contributed by atoms with E-state index in [9.17, 15) is 0 Å². The lowest BCUT2D eigenvalue weighted by molar-refractivity contribution is 0.318. The van der Waals surface area contributed by atoms with Crippen LogP contribution in [0.5, 0.6) is 0 Å². The number of pyridine rings is 1. The van der Waals surface area contributed by atoms with Crippen LogP contribution in [0.1, 0.15) is 26.5 Å². The molecule has 0 radical (unpaired) electrons. The van der Waals surface area contributed by atoms with Gasteiger partial charge in [0.1, 0.15) is 5.69 Å². The first-order valence-corrected chi connectivity index (χ1v) is 6.03. The smallest absolute Gasteiger partial charge is 0.189 e. The molecule has 0 saturated heterocycles. The van der Waals surface area contributed by atoms with Gasteiger partial charge in [-0.25, -0.2) is 0 Å². The summed E-state index contributed by atoms with van der Waals surface area (Å²) in [6.45, 7) is 6.48. The van der Waals surface area contributed by atoms with Crippen LogP contribution in [0.2, 0.25) is 0 Å². The van der Waals surface area contributed by atoms with Crippen LogP contribution in [-0.2, 0) is 0 Å². The molecule has 0 bridgehead atoms. The highest BCUT2D eigenvalue weighted by molar-refractivity contribution is 8.00. The fraction of sp³-hybridized carbons (Fsp3) is 0.455. The average Bonchev–Trinajstić information content (AvgIpc) is 2.28. The van der Waals surface area contributed by atoms with Crippen molar-refractivity contribution in [1.29, 1.82) is 0 Å². The highest BCUT2D eigenvalue weighted by Gasteiger charge is 2.14. The number of rotatable bonds is 4. The Bertz CT molecular complexity index is 379. The van der Waals surface area contributed by atoms with E-state index >= 15 is 0 Å². The Kier molecular flexibility index (Phi) is 4.61. The third kappa shape index (κ3) is 3.13. The summed E-state index contributed by atoms with van der Waals surface area (Å²) in [6.07, 6.45) is 1.64. The monoisotopic (exact) mass is 239 g/mol. The molecule has 88 valence electrons. The van der Waals surface area contributed by atoms with Gasteiger partial charge < -0.3 is 10.9 Å². The zero-order valence-corrected chi connectivity index (χ0v) is 10.5. The molecule has 1 atom stereocenters. The first-order valence-electron chi connectivity index (χ1n) is 5.15. The van der Waals surface area contributed by atoms with Crippen molar-refractivity contribution in [1.82, 2.24) is 4.98 Å². The zero-order valence-electron chi connectivity index (χ0n) is 9.71. The van der Waals surface area contributed by atoms with Crippen LogP contribution >= 0.6 is 11.8 Å². The third-order valence-corrected chi connectivity index (χ3v) is 3.87. The normalized spacial score (nSPS) is 14.1. The molecule has 5 heteroatoms. The van der Waals surface area contributed by atoms with Crippen molar-refractivity contribution in [2.45, 2.75) is 30.9 Å². The van der Waals surface area contributed by atoms with E-state index in [0.29, 0.717) is 16.9 Å². The van der Waals surface area contributed by atoms with E-state index in [-0.39, 0.29) is 5.84 Å². The van der Waals surface area contributed by atoms with Gasteiger partial charge in [0.2, 0.25) is 0 Å². The molecule has 0 saturated carbocycles. The summed E-state index contributed by atoms with van der Waals surface area (Å²) < 4.78 is 0. The van der Waals surface area contributed by atoms with Crippen LogP contribution < -0.4 is 5.73 Å². The molecule has 0 spiro atoms. The van der Waals surface area contributed by atoms with Crippen LogP contribution in [0.4, 0.5) is 0 Å². The topological polar surface area (TPSA) is 71.5 Å². The lowest BCUT2D eigenvalue weighted by Gasteiger charge is -2.16. The first kappa shape index (κ1) is 12.8. The number of oxime groups is 1. The van der Waals surface area contributed by atoms with Crippen LogP contribution in [-0.4, -0.2) is 21.3 Å². The van der Waals surface area contributed by atoms with Crippen LogP contribution in [0.15, 0.2) is 28.4 Å². The molecule has 4 nitrogen and oxygen atoms in total. The van der Waals surface area contributed by atoms with Gasteiger partial charge in [-0.3, -0.25) is 4.98 Å². The Morgan fingerprint density at radius 1 is 1.50 bits per heavy atom. The van der Waals surface area contributed by atoms with Crippen molar-refractivity contribution in [2.75, 3.05) is 0 Å². The number of nitrogens with two attached hydrogens (primary N) is 1. The van der Waals surface area contributed by atoms with Crippen molar-refractivity contribution in [3.63, 3.8) is 0 Å². The van der Waals surface area contributed by atoms with Crippen molar-refractivity contribution >= 4 is 17.6 Å². The predicted octanol–water partition coefficient (Wildman–Crippen LogP) is 2.31. The van der Waals surface area contributed by atoms with E-state index < -0.39 is 0 Å². The van der Waals surface area contributed by atoms with E-state index in [1.807, 2.05) is 12.1 Å². The summed E-state index contributed by atoms with van der Waals surface area (Å²) in [5.74, 6) is 0.615. The maximum atomic E-state index is 8.67.